The van der Waals surface area contributed by atoms with Gasteiger partial charge in [-0.1, -0.05) is 36.7 Å². The third kappa shape index (κ3) is 4.94. The number of rotatable bonds is 5. The molecule has 2 heterocycles. The standard InChI is InChI=1S/C24H23ClN4O5/c1-2-12-34-24(31)28-10-8-27(9-11-28)23(30)17-6-7-19-20(25)15-21(26-22(19)14-17)16-4-3-5-18(13-16)29(32)33/h3-7,13-15H,2,8-12H2,1H3. The number of fused-ring (bicyclic) bond motifs is 1. The first-order valence-corrected chi connectivity index (χ1v) is 11.3. The highest BCUT2D eigenvalue weighted by Crippen LogP contribution is 2.30. The van der Waals surface area contributed by atoms with E-state index in [1.807, 2.05) is 6.92 Å². The summed E-state index contributed by atoms with van der Waals surface area (Å²) in [5.74, 6) is -0.165. The van der Waals surface area contributed by atoms with Crippen LogP contribution >= 0.6 is 11.6 Å². The first-order chi connectivity index (χ1) is 16.4. The second kappa shape index (κ2) is 10.0. The third-order valence-corrected chi connectivity index (χ3v) is 5.93. The minimum absolute atomic E-state index is 0.0443. The van der Waals surface area contributed by atoms with Crippen LogP contribution in [-0.2, 0) is 4.74 Å². The molecule has 0 N–H and O–H groups in total. The minimum atomic E-state index is -0.466. The lowest BCUT2D eigenvalue weighted by Crippen LogP contribution is -2.50. The Morgan fingerprint density at radius 2 is 1.82 bits per heavy atom. The number of nitro groups is 1. The number of amides is 2. The van der Waals surface area contributed by atoms with Gasteiger partial charge in [-0.3, -0.25) is 14.9 Å². The van der Waals surface area contributed by atoms with E-state index in [4.69, 9.17) is 16.3 Å². The van der Waals surface area contributed by atoms with Gasteiger partial charge in [-0.25, -0.2) is 9.78 Å². The molecule has 2 amide bonds. The number of hydrogen-bond donors (Lipinski definition) is 0. The molecule has 0 spiro atoms. The maximum Gasteiger partial charge on any atom is 0.409 e. The number of halogens is 1. The number of carbonyl (C=O) groups excluding carboxylic acids is 2. The van der Waals surface area contributed by atoms with Crippen LogP contribution in [0.4, 0.5) is 10.5 Å². The van der Waals surface area contributed by atoms with Gasteiger partial charge >= 0.3 is 6.09 Å². The van der Waals surface area contributed by atoms with Crippen LogP contribution in [0.5, 0.6) is 0 Å². The summed E-state index contributed by atoms with van der Waals surface area (Å²) in [5, 5.41) is 12.2. The zero-order chi connectivity index (χ0) is 24.2. The fourth-order valence-corrected chi connectivity index (χ4v) is 4.06. The largest absolute Gasteiger partial charge is 0.449 e. The van der Waals surface area contributed by atoms with Gasteiger partial charge < -0.3 is 14.5 Å². The molecule has 0 radical (unpaired) electrons. The summed E-state index contributed by atoms with van der Waals surface area (Å²) in [6.45, 7) is 3.93. The fourth-order valence-electron chi connectivity index (χ4n) is 3.80. The molecule has 0 bridgehead atoms. The molecule has 176 valence electrons. The number of pyridine rings is 1. The molecule has 1 aliphatic rings. The highest BCUT2D eigenvalue weighted by atomic mass is 35.5. The van der Waals surface area contributed by atoms with Crippen molar-refractivity contribution in [3.63, 3.8) is 0 Å². The van der Waals surface area contributed by atoms with Crippen molar-refractivity contribution in [2.24, 2.45) is 0 Å². The second-order valence-electron chi connectivity index (χ2n) is 7.92. The van der Waals surface area contributed by atoms with Crippen molar-refractivity contribution in [2.75, 3.05) is 32.8 Å². The Morgan fingerprint density at radius 1 is 1.09 bits per heavy atom. The Balaban J connectivity index is 1.55. The first kappa shape index (κ1) is 23.4. The Labute approximate surface area is 201 Å². The molecule has 0 unspecified atom stereocenters. The third-order valence-electron chi connectivity index (χ3n) is 5.61. The quantitative estimate of drug-likeness (QED) is 0.383. The molecular formula is C24H23ClN4O5. The molecule has 0 atom stereocenters. The van der Waals surface area contributed by atoms with E-state index in [2.05, 4.69) is 4.98 Å². The molecule has 10 heteroatoms. The van der Waals surface area contributed by atoms with Gasteiger partial charge in [0.05, 0.1) is 27.8 Å². The topological polar surface area (TPSA) is 106 Å². The number of non-ortho nitro benzene ring substituents is 1. The van der Waals surface area contributed by atoms with E-state index in [1.54, 1.807) is 46.2 Å². The van der Waals surface area contributed by atoms with Gasteiger partial charge in [-0.15, -0.1) is 0 Å². The molecule has 0 saturated carbocycles. The van der Waals surface area contributed by atoms with Gasteiger partial charge in [0.25, 0.3) is 11.6 Å². The van der Waals surface area contributed by atoms with Crippen LogP contribution in [0.1, 0.15) is 23.7 Å². The van der Waals surface area contributed by atoms with Crippen LogP contribution in [-0.4, -0.2) is 64.5 Å². The maximum atomic E-state index is 13.1. The van der Waals surface area contributed by atoms with Gasteiger partial charge in [0.15, 0.2) is 0 Å². The van der Waals surface area contributed by atoms with E-state index in [-0.39, 0.29) is 17.7 Å². The van der Waals surface area contributed by atoms with Crippen molar-refractivity contribution in [3.05, 3.63) is 69.2 Å². The SMILES string of the molecule is CCCOC(=O)N1CCN(C(=O)c2ccc3c(Cl)cc(-c4cccc([N+](=O)[O-])c4)nc3c2)CC1. The monoisotopic (exact) mass is 482 g/mol. The maximum absolute atomic E-state index is 13.1. The number of benzene rings is 2. The van der Waals surface area contributed by atoms with Crippen molar-refractivity contribution in [1.29, 1.82) is 0 Å². The molecule has 34 heavy (non-hydrogen) atoms. The zero-order valence-corrected chi connectivity index (χ0v) is 19.3. The number of nitro benzene ring substituents is 1. The molecule has 0 aliphatic carbocycles. The van der Waals surface area contributed by atoms with Crippen LogP contribution in [0, 0.1) is 10.1 Å². The zero-order valence-electron chi connectivity index (χ0n) is 18.6. The predicted octanol–water partition coefficient (Wildman–Crippen LogP) is 4.77. The fraction of sp³-hybridized carbons (Fsp3) is 0.292. The lowest BCUT2D eigenvalue weighted by atomic mass is 10.1. The minimum Gasteiger partial charge on any atom is -0.449 e. The number of carbonyl (C=O) groups is 2. The Hall–Kier alpha value is -3.72. The molecule has 1 aliphatic heterocycles. The van der Waals surface area contributed by atoms with E-state index in [9.17, 15) is 19.7 Å². The van der Waals surface area contributed by atoms with Crippen molar-refractivity contribution < 1.29 is 19.2 Å². The highest BCUT2D eigenvalue weighted by Gasteiger charge is 2.26. The van der Waals surface area contributed by atoms with Crippen molar-refractivity contribution in [3.8, 4) is 11.3 Å². The summed E-state index contributed by atoms with van der Waals surface area (Å²) in [6, 6.07) is 12.9. The molecule has 4 rings (SSSR count). The summed E-state index contributed by atoms with van der Waals surface area (Å²) in [6.07, 6.45) is 0.403. The normalized spacial score (nSPS) is 13.7. The van der Waals surface area contributed by atoms with Crippen LogP contribution in [0.15, 0.2) is 48.5 Å². The summed E-state index contributed by atoms with van der Waals surface area (Å²) < 4.78 is 5.16. The van der Waals surface area contributed by atoms with E-state index in [1.165, 1.54) is 12.1 Å². The molecule has 2 aromatic carbocycles. The summed E-state index contributed by atoms with van der Waals surface area (Å²) >= 11 is 6.46. The Bertz CT molecular complexity index is 1260. The van der Waals surface area contributed by atoms with Gasteiger partial charge in [0, 0.05) is 54.8 Å². The summed E-state index contributed by atoms with van der Waals surface area (Å²) in [5.41, 5.74) is 1.96. The van der Waals surface area contributed by atoms with Gasteiger partial charge in [0.1, 0.15) is 0 Å². The average molecular weight is 483 g/mol. The molecule has 9 nitrogen and oxygen atoms in total. The van der Waals surface area contributed by atoms with Crippen molar-refractivity contribution >= 4 is 40.2 Å². The predicted molar refractivity (Wildman–Crippen MR) is 128 cm³/mol. The van der Waals surface area contributed by atoms with E-state index in [0.29, 0.717) is 65.5 Å². The van der Waals surface area contributed by atoms with Gasteiger partial charge in [-0.2, -0.15) is 0 Å². The van der Waals surface area contributed by atoms with Crippen LogP contribution in [0.2, 0.25) is 5.02 Å². The molecule has 1 saturated heterocycles. The van der Waals surface area contributed by atoms with Gasteiger partial charge in [-0.05, 0) is 24.6 Å². The molecular weight excluding hydrogens is 460 g/mol. The van der Waals surface area contributed by atoms with Crippen LogP contribution < -0.4 is 0 Å². The van der Waals surface area contributed by atoms with Gasteiger partial charge in [0.2, 0.25) is 0 Å². The van der Waals surface area contributed by atoms with Crippen LogP contribution in [0.3, 0.4) is 0 Å². The summed E-state index contributed by atoms with van der Waals surface area (Å²) in [7, 11) is 0. The van der Waals surface area contributed by atoms with E-state index >= 15 is 0 Å². The lowest BCUT2D eigenvalue weighted by Gasteiger charge is -2.34. The number of hydrogen-bond acceptors (Lipinski definition) is 6. The molecule has 1 aromatic heterocycles. The summed E-state index contributed by atoms with van der Waals surface area (Å²) in [4.78, 5) is 43.7. The number of ether oxygens (including phenoxy) is 1. The number of aromatic nitrogens is 1. The molecule has 3 aromatic rings. The number of piperazine rings is 1. The van der Waals surface area contributed by atoms with Crippen molar-refractivity contribution in [2.45, 2.75) is 13.3 Å². The van der Waals surface area contributed by atoms with Crippen LogP contribution in [0.25, 0.3) is 22.2 Å². The van der Waals surface area contributed by atoms with E-state index in [0.717, 1.165) is 6.42 Å². The average Bonchev–Trinajstić information content (AvgIpc) is 2.86. The van der Waals surface area contributed by atoms with Crippen molar-refractivity contribution in [1.82, 2.24) is 14.8 Å². The smallest absolute Gasteiger partial charge is 0.409 e. The lowest BCUT2D eigenvalue weighted by molar-refractivity contribution is -0.384. The highest BCUT2D eigenvalue weighted by molar-refractivity contribution is 6.35. The Kier molecular flexibility index (Phi) is 6.93. The Morgan fingerprint density at radius 3 is 2.53 bits per heavy atom. The first-order valence-electron chi connectivity index (χ1n) is 10.9. The second-order valence-corrected chi connectivity index (χ2v) is 8.33. The molecule has 1 fully saturated rings. The number of nitrogens with zero attached hydrogens (tertiary/aromatic N) is 4. The van der Waals surface area contributed by atoms with E-state index < -0.39 is 4.92 Å².